The molecule has 0 fully saturated rings. The maximum Gasteiger partial charge on any atom is 0.251 e. The van der Waals surface area contributed by atoms with Crippen LogP contribution in [0, 0.1) is 18.8 Å². The van der Waals surface area contributed by atoms with Crippen LogP contribution in [-0.4, -0.2) is 38.2 Å². The van der Waals surface area contributed by atoms with Gasteiger partial charge in [-0.05, 0) is 37.6 Å². The van der Waals surface area contributed by atoms with Gasteiger partial charge >= 0.3 is 0 Å². The van der Waals surface area contributed by atoms with Crippen molar-refractivity contribution >= 4 is 5.91 Å². The molecule has 108 valence electrons. The van der Waals surface area contributed by atoms with Crippen molar-refractivity contribution in [3.05, 3.63) is 40.7 Å². The number of nitrogens with zero attached hydrogens (tertiary/aromatic N) is 3. The number of aryl methyl sites for hydroxylation is 1. The number of amides is 1. The van der Waals surface area contributed by atoms with E-state index in [1.54, 1.807) is 25.1 Å². The largest absolute Gasteiger partial charge is 0.384 e. The third kappa shape index (κ3) is 3.64. The summed E-state index contributed by atoms with van der Waals surface area (Å²) in [5.41, 5.74) is 2.18. The minimum absolute atomic E-state index is 0.191. The van der Waals surface area contributed by atoms with Crippen LogP contribution in [0.15, 0.2) is 18.2 Å². The van der Waals surface area contributed by atoms with Gasteiger partial charge < -0.3 is 10.4 Å². The van der Waals surface area contributed by atoms with Crippen LogP contribution >= 0.6 is 0 Å². The van der Waals surface area contributed by atoms with E-state index >= 15 is 0 Å². The van der Waals surface area contributed by atoms with Crippen LogP contribution < -0.4 is 5.32 Å². The minimum atomic E-state index is -0.342. The minimum Gasteiger partial charge on any atom is -0.384 e. The van der Waals surface area contributed by atoms with Gasteiger partial charge in [0, 0.05) is 11.1 Å². The number of hydrogen-bond acceptors (Lipinski definition) is 5. The molecule has 0 radical (unpaired) electrons. The lowest BCUT2D eigenvalue weighted by atomic mass is 10.0. The number of carbonyl (C=O) groups is 1. The van der Waals surface area contributed by atoms with Gasteiger partial charge in [-0.2, -0.15) is 5.21 Å². The van der Waals surface area contributed by atoms with E-state index in [2.05, 4.69) is 37.8 Å². The van der Waals surface area contributed by atoms with Crippen molar-refractivity contribution in [1.29, 1.82) is 0 Å². The molecule has 0 bridgehead atoms. The van der Waals surface area contributed by atoms with E-state index in [0.29, 0.717) is 11.4 Å². The Morgan fingerprint density at radius 2 is 2.33 bits per heavy atom. The quantitative estimate of drug-likeness (QED) is 0.706. The molecule has 0 spiro atoms. The van der Waals surface area contributed by atoms with Gasteiger partial charge in [-0.15, -0.1) is 10.2 Å². The summed E-state index contributed by atoms with van der Waals surface area (Å²) in [4.78, 5) is 12.2. The van der Waals surface area contributed by atoms with Crippen LogP contribution in [0.4, 0.5) is 0 Å². The molecule has 0 aliphatic heterocycles. The number of nitrogens with one attached hydrogen (secondary N) is 2. The normalized spacial score (nSPS) is 11.4. The van der Waals surface area contributed by atoms with Gasteiger partial charge in [-0.1, -0.05) is 17.1 Å². The Bertz CT molecular complexity index is 685. The molecule has 1 aromatic heterocycles. The summed E-state index contributed by atoms with van der Waals surface area (Å²) >= 11 is 0. The summed E-state index contributed by atoms with van der Waals surface area (Å²) < 4.78 is 0. The van der Waals surface area contributed by atoms with Crippen LogP contribution in [0.2, 0.25) is 0 Å². The van der Waals surface area contributed by atoms with Crippen molar-refractivity contribution in [3.8, 4) is 11.8 Å². The highest BCUT2D eigenvalue weighted by molar-refractivity contribution is 5.94. The molecular weight excluding hydrogens is 270 g/mol. The summed E-state index contributed by atoms with van der Waals surface area (Å²) in [6.45, 7) is 3.45. The highest BCUT2D eigenvalue weighted by atomic mass is 16.2. The third-order valence-corrected chi connectivity index (χ3v) is 2.89. The van der Waals surface area contributed by atoms with E-state index in [9.17, 15) is 4.79 Å². The van der Waals surface area contributed by atoms with Gasteiger partial charge in [0.25, 0.3) is 5.91 Å². The Kier molecular flexibility index (Phi) is 4.64. The maximum absolute atomic E-state index is 12.2. The molecule has 1 aromatic carbocycles. The lowest BCUT2D eigenvalue weighted by Gasteiger charge is -2.10. The molecule has 3 N–H and O–H groups in total. The van der Waals surface area contributed by atoms with Crippen LogP contribution in [0.25, 0.3) is 0 Å². The SMILES string of the molecule is Cc1cc(C(=O)NC(C)c2nn[nH]n2)ccc1C#CCO. The zero-order valence-electron chi connectivity index (χ0n) is 11.7. The molecule has 1 atom stereocenters. The maximum atomic E-state index is 12.2. The number of aliphatic hydroxyl groups is 1. The van der Waals surface area contributed by atoms with E-state index in [4.69, 9.17) is 5.11 Å². The lowest BCUT2D eigenvalue weighted by molar-refractivity contribution is 0.0938. The van der Waals surface area contributed by atoms with Gasteiger partial charge in [0.15, 0.2) is 5.82 Å². The molecule has 2 aromatic rings. The molecule has 0 saturated carbocycles. The number of aromatic amines is 1. The number of tetrazole rings is 1. The highest BCUT2D eigenvalue weighted by Crippen LogP contribution is 2.12. The van der Waals surface area contributed by atoms with Crippen LogP contribution in [0.1, 0.15) is 40.3 Å². The first-order valence-corrected chi connectivity index (χ1v) is 6.36. The molecular formula is C14H15N5O2. The van der Waals surface area contributed by atoms with Crippen molar-refractivity contribution in [1.82, 2.24) is 25.9 Å². The number of aromatic nitrogens is 4. The molecule has 2 rings (SSSR count). The van der Waals surface area contributed by atoms with E-state index in [0.717, 1.165) is 11.1 Å². The number of carbonyl (C=O) groups excluding carboxylic acids is 1. The summed E-state index contributed by atoms with van der Waals surface area (Å²) in [7, 11) is 0. The zero-order valence-corrected chi connectivity index (χ0v) is 11.7. The first-order valence-electron chi connectivity index (χ1n) is 6.36. The Balaban J connectivity index is 2.11. The number of hydrogen-bond donors (Lipinski definition) is 3. The lowest BCUT2D eigenvalue weighted by Crippen LogP contribution is -2.27. The van der Waals surface area contributed by atoms with Crippen molar-refractivity contribution in [2.75, 3.05) is 6.61 Å². The molecule has 0 aliphatic rings. The monoisotopic (exact) mass is 285 g/mol. The van der Waals surface area contributed by atoms with E-state index < -0.39 is 0 Å². The topological polar surface area (TPSA) is 104 Å². The van der Waals surface area contributed by atoms with Gasteiger partial charge in [-0.25, -0.2) is 0 Å². The highest BCUT2D eigenvalue weighted by Gasteiger charge is 2.15. The molecule has 1 heterocycles. The molecule has 7 heteroatoms. The van der Waals surface area contributed by atoms with Crippen molar-refractivity contribution in [2.24, 2.45) is 0 Å². The summed E-state index contributed by atoms with van der Waals surface area (Å²) in [5.74, 6) is 5.61. The molecule has 7 nitrogen and oxygen atoms in total. The summed E-state index contributed by atoms with van der Waals surface area (Å²) in [5, 5.41) is 24.9. The van der Waals surface area contributed by atoms with Crippen molar-refractivity contribution in [2.45, 2.75) is 19.9 Å². The fourth-order valence-corrected chi connectivity index (χ4v) is 1.78. The second-order valence-corrected chi connectivity index (χ2v) is 4.45. The predicted octanol–water partition coefficient (Wildman–Crippen LogP) is 0.343. The summed E-state index contributed by atoms with van der Waals surface area (Å²) in [6, 6.07) is 4.85. The zero-order chi connectivity index (χ0) is 15.2. The number of rotatable bonds is 3. The fraction of sp³-hybridized carbons (Fsp3) is 0.286. The molecule has 21 heavy (non-hydrogen) atoms. The molecule has 1 unspecified atom stereocenters. The first kappa shape index (κ1) is 14.7. The fourth-order valence-electron chi connectivity index (χ4n) is 1.78. The average Bonchev–Trinajstić information content (AvgIpc) is 3.00. The van der Waals surface area contributed by atoms with Gasteiger partial charge in [0.2, 0.25) is 0 Å². The Morgan fingerprint density at radius 1 is 1.52 bits per heavy atom. The second-order valence-electron chi connectivity index (χ2n) is 4.45. The number of H-pyrrole nitrogens is 1. The molecule has 1 amide bonds. The third-order valence-electron chi connectivity index (χ3n) is 2.89. The number of aliphatic hydroxyl groups excluding tert-OH is 1. The standard InChI is InChI=1S/C14H15N5O2/c1-9-8-12(6-5-11(9)4-3-7-20)14(21)15-10(2)13-16-18-19-17-13/h5-6,8,10,20H,7H2,1-2H3,(H,15,21)(H,16,17,18,19). The Hall–Kier alpha value is -2.72. The van der Waals surface area contributed by atoms with Crippen molar-refractivity contribution < 1.29 is 9.90 Å². The Morgan fingerprint density at radius 3 is 2.95 bits per heavy atom. The van der Waals surface area contributed by atoms with E-state index in [-0.39, 0.29) is 18.6 Å². The molecule has 0 aliphatic carbocycles. The van der Waals surface area contributed by atoms with Crippen LogP contribution in [0.5, 0.6) is 0 Å². The van der Waals surface area contributed by atoms with Gasteiger partial charge in [0.1, 0.15) is 6.61 Å². The van der Waals surface area contributed by atoms with Gasteiger partial charge in [-0.3, -0.25) is 4.79 Å². The van der Waals surface area contributed by atoms with Crippen LogP contribution in [0.3, 0.4) is 0 Å². The summed E-state index contributed by atoms with van der Waals surface area (Å²) in [6.07, 6.45) is 0. The Labute approximate surface area is 121 Å². The second kappa shape index (κ2) is 6.63. The number of benzene rings is 1. The average molecular weight is 285 g/mol. The van der Waals surface area contributed by atoms with E-state index in [1.807, 2.05) is 6.92 Å². The van der Waals surface area contributed by atoms with Gasteiger partial charge in [0.05, 0.1) is 6.04 Å². The van der Waals surface area contributed by atoms with Crippen LogP contribution in [-0.2, 0) is 0 Å². The van der Waals surface area contributed by atoms with Crippen molar-refractivity contribution in [3.63, 3.8) is 0 Å². The molecule has 0 saturated heterocycles. The first-order chi connectivity index (χ1) is 10.1. The predicted molar refractivity (Wildman–Crippen MR) is 75.2 cm³/mol. The smallest absolute Gasteiger partial charge is 0.251 e. The van der Waals surface area contributed by atoms with E-state index in [1.165, 1.54) is 0 Å².